The van der Waals surface area contributed by atoms with Gasteiger partial charge in [0.2, 0.25) is 0 Å². The molecule has 0 aromatic carbocycles. The van der Waals surface area contributed by atoms with E-state index in [1.165, 1.54) is 0 Å². The maximum Gasteiger partial charge on any atom is 0.142 e. The van der Waals surface area contributed by atoms with E-state index in [-0.39, 0.29) is 5.54 Å². The molecule has 4 heteroatoms. The molecule has 0 aromatic rings. The van der Waals surface area contributed by atoms with Crippen molar-refractivity contribution in [3.8, 4) is 0 Å². The highest BCUT2D eigenvalue weighted by atomic mass is 16.1. The van der Waals surface area contributed by atoms with E-state index in [9.17, 15) is 4.79 Å². The molecule has 1 saturated heterocycles. The first kappa shape index (κ1) is 8.64. The first-order valence-electron chi connectivity index (χ1n) is 3.90. The van der Waals surface area contributed by atoms with Crippen LogP contribution in [0.15, 0.2) is 0 Å². The molecule has 1 heterocycles. The molecule has 0 radical (unpaired) electrons. The summed E-state index contributed by atoms with van der Waals surface area (Å²) in [5.41, 5.74) is -0.382. The highest BCUT2D eigenvalue weighted by molar-refractivity contribution is 5.65. The second kappa shape index (κ2) is 3.80. The van der Waals surface area contributed by atoms with Crippen molar-refractivity contribution in [2.24, 2.45) is 0 Å². The van der Waals surface area contributed by atoms with Crippen LogP contribution >= 0.6 is 0 Å². The summed E-state index contributed by atoms with van der Waals surface area (Å²) in [6.45, 7) is 3.21. The topological polar surface area (TPSA) is 53.2 Å². The van der Waals surface area contributed by atoms with Gasteiger partial charge in [-0.2, -0.15) is 0 Å². The lowest BCUT2D eigenvalue weighted by Crippen LogP contribution is -2.64. The molecule has 0 spiro atoms. The smallest absolute Gasteiger partial charge is 0.142 e. The fourth-order valence-corrected chi connectivity index (χ4v) is 1.34. The molecule has 4 nitrogen and oxygen atoms in total. The monoisotopic (exact) mass is 157 g/mol. The molecule has 1 unspecified atom stereocenters. The van der Waals surface area contributed by atoms with Crippen LogP contribution in [0.1, 0.15) is 0 Å². The summed E-state index contributed by atoms with van der Waals surface area (Å²) < 4.78 is 0. The van der Waals surface area contributed by atoms with E-state index in [1.54, 1.807) is 0 Å². The van der Waals surface area contributed by atoms with Gasteiger partial charge in [-0.15, -0.1) is 0 Å². The van der Waals surface area contributed by atoms with Gasteiger partial charge in [0.15, 0.2) is 0 Å². The Labute approximate surface area is 66.7 Å². The van der Waals surface area contributed by atoms with Crippen LogP contribution < -0.4 is 16.0 Å². The number of rotatable bonds is 3. The first-order valence-corrected chi connectivity index (χ1v) is 3.90. The fourth-order valence-electron chi connectivity index (χ4n) is 1.34. The summed E-state index contributed by atoms with van der Waals surface area (Å²) in [7, 11) is 1.85. The van der Waals surface area contributed by atoms with Crippen LogP contribution in [0, 0.1) is 0 Å². The zero-order chi connectivity index (χ0) is 8.16. The van der Waals surface area contributed by atoms with Gasteiger partial charge >= 0.3 is 0 Å². The average Bonchev–Trinajstić information content (AvgIpc) is 2.07. The Hall–Kier alpha value is -0.450. The Kier molecular flexibility index (Phi) is 2.99. The van der Waals surface area contributed by atoms with Crippen molar-refractivity contribution >= 4 is 6.29 Å². The zero-order valence-corrected chi connectivity index (χ0v) is 6.81. The van der Waals surface area contributed by atoms with Crippen molar-refractivity contribution in [3.63, 3.8) is 0 Å². The van der Waals surface area contributed by atoms with Gasteiger partial charge in [-0.1, -0.05) is 0 Å². The van der Waals surface area contributed by atoms with Crippen molar-refractivity contribution in [2.45, 2.75) is 5.54 Å². The number of aldehydes is 1. The van der Waals surface area contributed by atoms with Crippen LogP contribution in [-0.2, 0) is 4.79 Å². The maximum atomic E-state index is 10.7. The lowest BCUT2D eigenvalue weighted by Gasteiger charge is -2.33. The molecular formula is C7H15N3O. The van der Waals surface area contributed by atoms with Crippen molar-refractivity contribution in [1.82, 2.24) is 16.0 Å². The number of hydrogen-bond acceptors (Lipinski definition) is 4. The van der Waals surface area contributed by atoms with E-state index >= 15 is 0 Å². The molecule has 1 fully saturated rings. The number of carbonyl (C=O) groups excluding carboxylic acids is 1. The van der Waals surface area contributed by atoms with E-state index in [0.29, 0.717) is 6.54 Å². The first-order chi connectivity index (χ1) is 5.33. The van der Waals surface area contributed by atoms with Crippen LogP contribution in [0.2, 0.25) is 0 Å². The quantitative estimate of drug-likeness (QED) is 0.429. The molecule has 0 aliphatic carbocycles. The van der Waals surface area contributed by atoms with Crippen molar-refractivity contribution in [3.05, 3.63) is 0 Å². The molecule has 3 N–H and O–H groups in total. The Balaban J connectivity index is 2.49. The van der Waals surface area contributed by atoms with Gasteiger partial charge in [-0.25, -0.2) is 0 Å². The van der Waals surface area contributed by atoms with Crippen LogP contribution in [0.5, 0.6) is 0 Å². The predicted octanol–water partition coefficient (Wildman–Crippen LogP) is -1.66. The number of piperazine rings is 1. The number of likely N-dealkylation sites (N-methyl/N-ethyl adjacent to an activating group) is 1. The minimum Gasteiger partial charge on any atom is -0.317 e. The summed E-state index contributed by atoms with van der Waals surface area (Å²) in [5.74, 6) is 0. The van der Waals surface area contributed by atoms with E-state index in [4.69, 9.17) is 0 Å². The Bertz CT molecular complexity index is 126. The van der Waals surface area contributed by atoms with Crippen molar-refractivity contribution in [1.29, 1.82) is 0 Å². The van der Waals surface area contributed by atoms with Crippen molar-refractivity contribution < 1.29 is 4.79 Å². The molecule has 11 heavy (non-hydrogen) atoms. The lowest BCUT2D eigenvalue weighted by molar-refractivity contribution is -0.113. The summed E-state index contributed by atoms with van der Waals surface area (Å²) in [5, 5.41) is 9.36. The Morgan fingerprint density at radius 1 is 1.64 bits per heavy atom. The van der Waals surface area contributed by atoms with Gasteiger partial charge in [-0.3, -0.25) is 0 Å². The Morgan fingerprint density at radius 2 is 2.45 bits per heavy atom. The maximum absolute atomic E-state index is 10.7. The summed E-state index contributed by atoms with van der Waals surface area (Å²) in [6, 6.07) is 0. The molecule has 1 aliphatic heterocycles. The SMILES string of the molecule is CNCC1(C=O)CNCCN1. The van der Waals surface area contributed by atoms with E-state index in [2.05, 4.69) is 16.0 Å². The summed E-state index contributed by atoms with van der Waals surface area (Å²) in [6.07, 6.45) is 0.982. The summed E-state index contributed by atoms with van der Waals surface area (Å²) in [4.78, 5) is 10.7. The summed E-state index contributed by atoms with van der Waals surface area (Å²) >= 11 is 0. The molecule has 64 valence electrons. The molecule has 1 aliphatic rings. The number of hydrogen-bond donors (Lipinski definition) is 3. The van der Waals surface area contributed by atoms with Gasteiger partial charge in [0, 0.05) is 26.2 Å². The van der Waals surface area contributed by atoms with Gasteiger partial charge in [-0.05, 0) is 7.05 Å². The highest BCUT2D eigenvalue weighted by Gasteiger charge is 2.29. The molecule has 0 bridgehead atoms. The molecular weight excluding hydrogens is 142 g/mol. The molecule has 0 saturated carbocycles. The van der Waals surface area contributed by atoms with E-state index in [0.717, 1.165) is 25.9 Å². The normalized spacial score (nSPS) is 31.7. The second-order valence-electron chi connectivity index (χ2n) is 2.91. The van der Waals surface area contributed by atoms with Crippen LogP contribution in [-0.4, -0.2) is 45.1 Å². The van der Waals surface area contributed by atoms with Crippen molar-refractivity contribution in [2.75, 3.05) is 33.2 Å². The number of nitrogens with one attached hydrogen (secondary N) is 3. The van der Waals surface area contributed by atoms with Gasteiger partial charge in [0.1, 0.15) is 6.29 Å². The molecule has 1 atom stereocenters. The molecule has 0 aromatic heterocycles. The minimum atomic E-state index is -0.382. The third kappa shape index (κ3) is 1.99. The van der Waals surface area contributed by atoms with Crippen LogP contribution in [0.3, 0.4) is 0 Å². The molecule has 0 amide bonds. The average molecular weight is 157 g/mol. The zero-order valence-electron chi connectivity index (χ0n) is 6.81. The van der Waals surface area contributed by atoms with E-state index < -0.39 is 0 Å². The second-order valence-corrected chi connectivity index (χ2v) is 2.91. The minimum absolute atomic E-state index is 0.382. The Morgan fingerprint density at radius 3 is 2.91 bits per heavy atom. The fraction of sp³-hybridized carbons (Fsp3) is 0.857. The lowest BCUT2D eigenvalue weighted by atomic mass is 10.00. The van der Waals surface area contributed by atoms with Crippen LogP contribution in [0.4, 0.5) is 0 Å². The van der Waals surface area contributed by atoms with Gasteiger partial charge in [0.25, 0.3) is 0 Å². The highest BCUT2D eigenvalue weighted by Crippen LogP contribution is 2.00. The largest absolute Gasteiger partial charge is 0.317 e. The predicted molar refractivity (Wildman–Crippen MR) is 43.6 cm³/mol. The van der Waals surface area contributed by atoms with Gasteiger partial charge in [0.05, 0.1) is 5.54 Å². The van der Waals surface area contributed by atoms with Crippen LogP contribution in [0.25, 0.3) is 0 Å². The number of carbonyl (C=O) groups is 1. The third-order valence-electron chi connectivity index (χ3n) is 1.94. The van der Waals surface area contributed by atoms with E-state index in [1.807, 2.05) is 7.05 Å². The third-order valence-corrected chi connectivity index (χ3v) is 1.94. The van der Waals surface area contributed by atoms with Gasteiger partial charge < -0.3 is 20.7 Å². The molecule has 1 rings (SSSR count). The standard InChI is InChI=1S/C7H15N3O/c1-8-4-7(6-11)5-9-2-3-10-7/h6,8-10H,2-5H2,1H3.